The number of hydrogen-bond acceptors (Lipinski definition) is 9. The Kier molecular flexibility index (Phi) is 8.63. The minimum Gasteiger partial charge on any atom is -0.310 e. The molecule has 4 rings (SSSR count). The molecule has 0 spiro atoms. The first-order valence-corrected chi connectivity index (χ1v) is 15.9. The number of hydrazone groups is 1. The number of amides is 1. The normalized spacial score (nSPS) is 12.1. The molecule has 1 aromatic carbocycles. The lowest BCUT2D eigenvalue weighted by molar-refractivity contribution is -0.384. The van der Waals surface area contributed by atoms with Crippen molar-refractivity contribution in [2.45, 2.75) is 36.5 Å². The number of nitro groups is 1. The van der Waals surface area contributed by atoms with Crippen molar-refractivity contribution in [3.63, 3.8) is 0 Å². The highest BCUT2D eigenvalue weighted by molar-refractivity contribution is 7.94. The van der Waals surface area contributed by atoms with Crippen LogP contribution in [0.15, 0.2) is 82.0 Å². The number of rotatable bonds is 11. The van der Waals surface area contributed by atoms with Crippen molar-refractivity contribution in [3.05, 3.63) is 88.5 Å². The van der Waals surface area contributed by atoms with Crippen LogP contribution in [0.25, 0.3) is 16.6 Å². The highest BCUT2D eigenvalue weighted by atomic mass is 32.2. The Hall–Kier alpha value is -4.43. The maximum absolute atomic E-state index is 13.6. The number of carbonyl (C=O) groups excluding carboxylic acids is 1. The molecule has 0 fully saturated rings. The molecule has 0 atom stereocenters. The highest BCUT2D eigenvalue weighted by Gasteiger charge is 2.37. The largest absolute Gasteiger partial charge is 0.310 e. The van der Waals surface area contributed by atoms with Crippen LogP contribution in [-0.2, 0) is 19.7 Å². The number of fused-ring (bicyclic) bond motifs is 1. The summed E-state index contributed by atoms with van der Waals surface area (Å²) in [6, 6.07) is 12.0. The van der Waals surface area contributed by atoms with E-state index in [4.69, 9.17) is 0 Å². The number of aromatic nitrogens is 2. The third-order valence-electron chi connectivity index (χ3n) is 6.13. The number of nitrogens with zero attached hydrogens (tertiary/aromatic N) is 4. The fourth-order valence-corrected chi connectivity index (χ4v) is 8.34. The second-order valence-corrected chi connectivity index (χ2v) is 13.2. The predicted molar refractivity (Wildman–Crippen MR) is 153 cm³/mol. The van der Waals surface area contributed by atoms with E-state index in [0.717, 1.165) is 5.56 Å². The predicted octanol–water partition coefficient (Wildman–Crippen LogP) is 4.04. The van der Waals surface area contributed by atoms with Gasteiger partial charge in [-0.3, -0.25) is 19.9 Å². The number of benzene rings is 1. The maximum atomic E-state index is 13.6. The molecule has 3 heterocycles. The van der Waals surface area contributed by atoms with E-state index in [1.165, 1.54) is 41.1 Å². The molecule has 12 nitrogen and oxygen atoms in total. The highest BCUT2D eigenvalue weighted by Crippen LogP contribution is 2.36. The number of non-ortho nitro benzene ring substituents is 1. The van der Waals surface area contributed by atoms with E-state index < -0.39 is 40.3 Å². The van der Waals surface area contributed by atoms with E-state index in [1.807, 2.05) is 0 Å². The maximum Gasteiger partial charge on any atom is 0.289 e. The van der Waals surface area contributed by atoms with Crippen molar-refractivity contribution in [2.24, 2.45) is 5.10 Å². The number of hydrogen-bond donors (Lipinski definition) is 1. The summed E-state index contributed by atoms with van der Waals surface area (Å²) in [4.78, 5) is 26.8. The topological polar surface area (TPSA) is 170 Å². The number of sulfone groups is 2. The van der Waals surface area contributed by atoms with Crippen molar-refractivity contribution in [3.8, 4) is 11.1 Å². The van der Waals surface area contributed by atoms with Crippen molar-refractivity contribution < 1.29 is 26.6 Å². The molecule has 0 aliphatic heterocycles. The van der Waals surface area contributed by atoms with Crippen molar-refractivity contribution in [1.82, 2.24) is 14.8 Å². The van der Waals surface area contributed by atoms with E-state index in [-0.39, 0.29) is 41.2 Å². The van der Waals surface area contributed by atoms with Crippen LogP contribution < -0.4 is 5.43 Å². The number of pyridine rings is 2. The van der Waals surface area contributed by atoms with Gasteiger partial charge in [0, 0.05) is 30.7 Å². The molecule has 0 radical (unpaired) electrons. The summed E-state index contributed by atoms with van der Waals surface area (Å²) in [5.41, 5.74) is 3.58. The average molecular weight is 598 g/mol. The first-order valence-electron chi connectivity index (χ1n) is 12.6. The number of carbonyl (C=O) groups is 1. The van der Waals surface area contributed by atoms with Crippen LogP contribution in [0.4, 0.5) is 5.69 Å². The van der Waals surface area contributed by atoms with Crippen LogP contribution >= 0.6 is 0 Å². The number of nitro benzene ring substituents is 1. The smallest absolute Gasteiger partial charge is 0.289 e. The van der Waals surface area contributed by atoms with Crippen LogP contribution in [0.3, 0.4) is 0 Å². The average Bonchev–Trinajstić information content (AvgIpc) is 3.30. The lowest BCUT2D eigenvalue weighted by atomic mass is 10.1. The molecule has 0 aliphatic rings. The zero-order chi connectivity index (χ0) is 29.8. The summed E-state index contributed by atoms with van der Waals surface area (Å²) in [6.07, 6.45) is 6.27. The monoisotopic (exact) mass is 597 g/mol. The zero-order valence-corrected chi connectivity index (χ0v) is 23.9. The Bertz CT molecular complexity index is 1850. The van der Waals surface area contributed by atoms with Gasteiger partial charge in [-0.15, -0.1) is 0 Å². The van der Waals surface area contributed by atoms with Crippen LogP contribution in [0.2, 0.25) is 0 Å². The van der Waals surface area contributed by atoms with Crippen molar-refractivity contribution >= 4 is 43.0 Å². The number of nitrogens with one attached hydrogen (secondary N) is 1. The first kappa shape index (κ1) is 29.6. The van der Waals surface area contributed by atoms with Crippen molar-refractivity contribution in [2.75, 3.05) is 11.5 Å². The molecule has 1 N–H and O–H groups in total. The van der Waals surface area contributed by atoms with Gasteiger partial charge < -0.3 is 4.40 Å². The summed E-state index contributed by atoms with van der Waals surface area (Å²) in [5, 5.41) is 14.8. The van der Waals surface area contributed by atoms with Crippen LogP contribution in [0, 0.1) is 10.1 Å². The summed E-state index contributed by atoms with van der Waals surface area (Å²) in [5.74, 6) is -1.63. The van der Waals surface area contributed by atoms with Gasteiger partial charge in [0.2, 0.25) is 0 Å². The van der Waals surface area contributed by atoms with Gasteiger partial charge in [0.05, 0.1) is 28.2 Å². The lowest BCUT2D eigenvalue weighted by Gasteiger charge is -2.08. The van der Waals surface area contributed by atoms with Crippen LogP contribution in [0.5, 0.6) is 0 Å². The molecule has 1 amide bonds. The Morgan fingerprint density at radius 1 is 0.951 bits per heavy atom. The van der Waals surface area contributed by atoms with E-state index in [9.17, 15) is 31.7 Å². The summed E-state index contributed by atoms with van der Waals surface area (Å²) >= 11 is 0. The van der Waals surface area contributed by atoms with Gasteiger partial charge in [-0.1, -0.05) is 13.8 Å². The fourth-order valence-electron chi connectivity index (χ4n) is 4.37. The molecule has 214 valence electrons. The van der Waals surface area contributed by atoms with E-state index >= 15 is 0 Å². The molecular formula is C27H27N5O7S2. The second kappa shape index (κ2) is 12.0. The zero-order valence-electron chi connectivity index (χ0n) is 22.2. The molecule has 4 aromatic rings. The quantitative estimate of drug-likeness (QED) is 0.153. The molecular weight excluding hydrogens is 570 g/mol. The SMILES string of the molecule is CCCS(=O)(=O)c1c(S(=O)(=O)CCC)c2cc(-c3ccncc3)ccn2c1C(=O)N/N=C/c1ccc([N+](=O)[O-])cc1. The Balaban J connectivity index is 1.91. The fraction of sp³-hybridized carbons (Fsp3) is 0.222. The minimum absolute atomic E-state index is 0.0481. The Morgan fingerprint density at radius 3 is 2.15 bits per heavy atom. The van der Waals surface area contributed by atoms with Gasteiger partial charge in [0.25, 0.3) is 11.6 Å². The molecule has 3 aromatic heterocycles. The van der Waals surface area contributed by atoms with Gasteiger partial charge in [-0.2, -0.15) is 5.10 Å². The first-order chi connectivity index (χ1) is 19.5. The van der Waals surface area contributed by atoms with Gasteiger partial charge in [0.15, 0.2) is 19.7 Å². The standard InChI is InChI=1S/C27H27N5O7S2/c1-3-15-40(36,37)25-23-17-21(20-9-12-28-13-10-20)11-14-31(23)24(26(25)41(38,39)16-4-2)27(33)30-29-18-19-5-7-22(8-6-19)32(34)35/h5-14,17-18H,3-4,15-16H2,1-2H3,(H,30,33)/b29-18+. The van der Waals surface area contributed by atoms with Crippen LogP contribution in [-0.4, -0.2) is 54.8 Å². The molecule has 41 heavy (non-hydrogen) atoms. The molecule has 0 unspecified atom stereocenters. The Labute approximate surface area is 236 Å². The molecule has 0 bridgehead atoms. The molecule has 14 heteroatoms. The Morgan fingerprint density at radius 2 is 1.56 bits per heavy atom. The third-order valence-corrected chi connectivity index (χ3v) is 10.2. The summed E-state index contributed by atoms with van der Waals surface area (Å²) < 4.78 is 55.6. The third kappa shape index (κ3) is 6.18. The molecule has 0 saturated carbocycles. The molecule has 0 saturated heterocycles. The van der Waals surface area contributed by atoms with Crippen molar-refractivity contribution in [1.29, 1.82) is 0 Å². The summed E-state index contributed by atoms with van der Waals surface area (Å²) in [6.45, 7) is 3.31. The van der Waals surface area contributed by atoms with Gasteiger partial charge in [0.1, 0.15) is 15.5 Å². The second-order valence-electron chi connectivity index (χ2n) is 9.10. The van der Waals surface area contributed by atoms with Gasteiger partial charge >= 0.3 is 0 Å². The van der Waals surface area contributed by atoms with Gasteiger partial charge in [-0.05, 0) is 65.9 Å². The summed E-state index contributed by atoms with van der Waals surface area (Å²) in [7, 11) is -8.38. The lowest BCUT2D eigenvalue weighted by Crippen LogP contribution is -2.23. The van der Waals surface area contributed by atoms with Gasteiger partial charge in [-0.25, -0.2) is 22.3 Å². The molecule has 0 aliphatic carbocycles. The van der Waals surface area contributed by atoms with Crippen LogP contribution in [0.1, 0.15) is 42.7 Å². The minimum atomic E-state index is -4.23. The van der Waals surface area contributed by atoms with E-state index in [2.05, 4.69) is 15.5 Å². The van der Waals surface area contributed by atoms with E-state index in [0.29, 0.717) is 11.1 Å². The van der Waals surface area contributed by atoms with E-state index in [1.54, 1.807) is 50.5 Å².